The minimum absolute atomic E-state index is 0.908. The van der Waals surface area contributed by atoms with Crippen LogP contribution >= 0.6 is 15.9 Å². The van der Waals surface area contributed by atoms with Gasteiger partial charge in [0.2, 0.25) is 0 Å². The Bertz CT molecular complexity index is 691. The van der Waals surface area contributed by atoms with E-state index in [2.05, 4.69) is 57.5 Å². The van der Waals surface area contributed by atoms with Gasteiger partial charge in [0.15, 0.2) is 5.75 Å². The fourth-order valence-electron chi connectivity index (χ4n) is 3.17. The van der Waals surface area contributed by atoms with Crippen LogP contribution in [0.4, 0.5) is 0 Å². The molecular weight excluding hydrogens is 356 g/mol. The normalized spacial score (nSPS) is 12.2. The summed E-state index contributed by atoms with van der Waals surface area (Å²) >= 11 is 3.74. The highest BCUT2D eigenvalue weighted by Crippen LogP contribution is 2.43. The van der Waals surface area contributed by atoms with E-state index in [1.807, 2.05) is 6.92 Å². The predicted octanol–water partition coefficient (Wildman–Crippen LogP) is 6.81. The average Bonchev–Trinajstić information content (AvgIpc) is 2.85. The second-order valence-corrected chi connectivity index (χ2v) is 11.7. The molecule has 2 rings (SSSR count). The summed E-state index contributed by atoms with van der Waals surface area (Å²) in [6.07, 6.45) is 0. The number of rotatable bonds is 5. The lowest BCUT2D eigenvalue weighted by atomic mass is 10.0. The van der Waals surface area contributed by atoms with Gasteiger partial charge in [-0.05, 0) is 62.5 Å². The molecule has 0 amide bonds. The Kier molecular flexibility index (Phi) is 5.12. The highest BCUT2D eigenvalue weighted by atomic mass is 79.9. The van der Waals surface area contributed by atoms with Gasteiger partial charge in [0.05, 0.1) is 5.39 Å². The van der Waals surface area contributed by atoms with Crippen molar-refractivity contribution in [2.45, 2.75) is 66.6 Å². The van der Waals surface area contributed by atoms with Crippen LogP contribution in [0.5, 0.6) is 5.75 Å². The summed E-state index contributed by atoms with van der Waals surface area (Å²) in [6, 6.07) is 3.41. The summed E-state index contributed by atoms with van der Waals surface area (Å²) in [5.74, 6) is 1.89. The van der Waals surface area contributed by atoms with Crippen LogP contribution in [-0.2, 0) is 0 Å². The first-order valence-corrected chi connectivity index (χ1v) is 11.5. The largest absolute Gasteiger partial charge is 0.541 e. The quantitative estimate of drug-likeness (QED) is 0.529. The minimum Gasteiger partial charge on any atom is -0.541 e. The van der Waals surface area contributed by atoms with Crippen molar-refractivity contribution in [2.75, 3.05) is 0 Å². The molecule has 0 fully saturated rings. The van der Waals surface area contributed by atoms with Crippen molar-refractivity contribution < 1.29 is 8.84 Å². The Morgan fingerprint density at radius 3 is 1.95 bits per heavy atom. The van der Waals surface area contributed by atoms with E-state index in [1.165, 1.54) is 21.2 Å². The molecule has 0 aliphatic carbocycles. The van der Waals surface area contributed by atoms with Gasteiger partial charge in [-0.1, -0.05) is 36.7 Å². The zero-order chi connectivity index (χ0) is 16.7. The molecule has 0 saturated carbocycles. The summed E-state index contributed by atoms with van der Waals surface area (Å²) in [5, 5.41) is 1.15. The molecule has 4 heteroatoms. The van der Waals surface area contributed by atoms with Crippen molar-refractivity contribution >= 4 is 35.2 Å². The maximum absolute atomic E-state index is 6.69. The third kappa shape index (κ3) is 2.65. The van der Waals surface area contributed by atoms with Crippen LogP contribution in [0.3, 0.4) is 0 Å². The van der Waals surface area contributed by atoms with Crippen molar-refractivity contribution in [3.05, 3.63) is 26.9 Å². The Labute approximate surface area is 143 Å². The zero-order valence-corrected chi connectivity index (χ0v) is 17.4. The van der Waals surface area contributed by atoms with Gasteiger partial charge in [-0.25, -0.2) is 0 Å². The number of fused-ring (bicyclic) bond motifs is 1. The first-order chi connectivity index (χ1) is 10.3. The highest BCUT2D eigenvalue weighted by Gasteiger charge is 2.33. The molecule has 1 aromatic heterocycles. The van der Waals surface area contributed by atoms with Crippen LogP contribution < -0.4 is 4.43 Å². The maximum Gasteiger partial charge on any atom is 0.250 e. The average molecular weight is 383 g/mol. The predicted molar refractivity (Wildman–Crippen MR) is 101 cm³/mol. The van der Waals surface area contributed by atoms with Gasteiger partial charge in [-0.15, -0.1) is 0 Å². The summed E-state index contributed by atoms with van der Waals surface area (Å²) < 4.78 is 14.0. The van der Waals surface area contributed by atoms with Crippen molar-refractivity contribution in [1.82, 2.24) is 0 Å². The number of hydrogen-bond donors (Lipinski definition) is 0. The summed E-state index contributed by atoms with van der Waals surface area (Å²) in [5.41, 5.74) is 4.64. The van der Waals surface area contributed by atoms with Crippen LogP contribution in [0, 0.1) is 27.7 Å². The molecule has 1 heterocycles. The smallest absolute Gasteiger partial charge is 0.250 e. The molecule has 1 aromatic carbocycles. The first kappa shape index (κ1) is 17.6. The highest BCUT2D eigenvalue weighted by molar-refractivity contribution is 9.10. The molecule has 0 aliphatic rings. The number of benzene rings is 1. The second kappa shape index (κ2) is 6.40. The molecule has 0 N–H and O–H groups in total. The maximum atomic E-state index is 6.69. The van der Waals surface area contributed by atoms with Crippen LogP contribution in [0.25, 0.3) is 11.0 Å². The number of aryl methyl sites for hydroxylation is 3. The molecule has 0 saturated heterocycles. The fraction of sp³-hybridized carbons (Fsp3) is 0.556. The molecule has 0 radical (unpaired) electrons. The van der Waals surface area contributed by atoms with Gasteiger partial charge in [-0.3, -0.25) is 0 Å². The van der Waals surface area contributed by atoms with E-state index in [4.69, 9.17) is 8.84 Å². The molecule has 2 nitrogen and oxygen atoms in total. The first-order valence-electron chi connectivity index (χ1n) is 8.19. The summed E-state index contributed by atoms with van der Waals surface area (Å²) in [6.45, 7) is 15.2. The van der Waals surface area contributed by atoms with Gasteiger partial charge in [-0.2, -0.15) is 0 Å². The van der Waals surface area contributed by atoms with Gasteiger partial charge in [0.25, 0.3) is 8.32 Å². The lowest BCUT2D eigenvalue weighted by molar-refractivity contribution is 0.495. The molecule has 0 spiro atoms. The van der Waals surface area contributed by atoms with E-state index in [0.29, 0.717) is 0 Å². The lowest BCUT2D eigenvalue weighted by Crippen LogP contribution is -2.39. The molecule has 0 bridgehead atoms. The molecule has 0 unspecified atom stereocenters. The Morgan fingerprint density at radius 2 is 1.45 bits per heavy atom. The fourth-order valence-corrected chi connectivity index (χ4v) is 6.27. The van der Waals surface area contributed by atoms with E-state index in [-0.39, 0.29) is 0 Å². The van der Waals surface area contributed by atoms with E-state index >= 15 is 0 Å². The van der Waals surface area contributed by atoms with Crippen LogP contribution in [-0.4, -0.2) is 8.32 Å². The molecule has 0 atom stereocenters. The summed E-state index contributed by atoms with van der Waals surface area (Å²) in [4.78, 5) is 0. The van der Waals surface area contributed by atoms with Crippen molar-refractivity contribution in [3.8, 4) is 5.75 Å². The minimum atomic E-state index is -1.72. The van der Waals surface area contributed by atoms with Gasteiger partial charge in [0.1, 0.15) is 11.3 Å². The Hall–Kier alpha value is -0.743. The Balaban J connectivity index is 2.73. The number of furan rings is 1. The zero-order valence-electron chi connectivity index (χ0n) is 14.8. The molecule has 122 valence electrons. The number of halogens is 1. The molecule has 0 aliphatic heterocycles. The van der Waals surface area contributed by atoms with Crippen molar-refractivity contribution in [2.24, 2.45) is 0 Å². The van der Waals surface area contributed by atoms with Gasteiger partial charge >= 0.3 is 0 Å². The van der Waals surface area contributed by atoms with Crippen LogP contribution in [0.1, 0.15) is 43.2 Å². The standard InChI is InChI=1S/C18H27BrO2Si/c1-8-22(9-2,10-3)21-18-14(7)20-17-12(5)11(4)16(19)13(6)15(17)18/h8-10H2,1-7H3. The Morgan fingerprint density at radius 1 is 0.909 bits per heavy atom. The van der Waals surface area contributed by atoms with E-state index in [9.17, 15) is 0 Å². The third-order valence-electron chi connectivity index (χ3n) is 5.22. The van der Waals surface area contributed by atoms with E-state index in [1.54, 1.807) is 0 Å². The lowest BCUT2D eigenvalue weighted by Gasteiger charge is -2.29. The SMILES string of the molecule is CC[Si](CC)(CC)Oc1c(C)oc2c(C)c(C)c(Br)c(C)c12. The topological polar surface area (TPSA) is 22.4 Å². The van der Waals surface area contributed by atoms with Crippen LogP contribution in [0.15, 0.2) is 8.89 Å². The monoisotopic (exact) mass is 382 g/mol. The molecule has 2 aromatic rings. The van der Waals surface area contributed by atoms with Gasteiger partial charge < -0.3 is 8.84 Å². The molecular formula is C18H27BrO2Si. The molecule has 22 heavy (non-hydrogen) atoms. The van der Waals surface area contributed by atoms with E-state index < -0.39 is 8.32 Å². The number of hydrogen-bond acceptors (Lipinski definition) is 2. The summed E-state index contributed by atoms with van der Waals surface area (Å²) in [7, 11) is -1.72. The van der Waals surface area contributed by atoms with Gasteiger partial charge in [0, 0.05) is 4.47 Å². The van der Waals surface area contributed by atoms with Crippen molar-refractivity contribution in [1.29, 1.82) is 0 Å². The second-order valence-electron chi connectivity index (χ2n) is 6.23. The van der Waals surface area contributed by atoms with E-state index in [0.717, 1.165) is 40.6 Å². The third-order valence-corrected chi connectivity index (χ3v) is 10.9. The van der Waals surface area contributed by atoms with Crippen molar-refractivity contribution in [3.63, 3.8) is 0 Å². The van der Waals surface area contributed by atoms with Crippen LogP contribution in [0.2, 0.25) is 18.1 Å².